The average Bonchev–Trinajstić information content (AvgIpc) is 3.13. The molecule has 6 heteroatoms. The molecular formula is C24H24N2O4. The molecular weight excluding hydrogens is 380 g/mol. The Labute approximate surface area is 174 Å². The molecule has 0 amide bonds. The number of para-hydroxylation sites is 1. The van der Waals surface area contributed by atoms with Gasteiger partial charge in [-0.05, 0) is 37.5 Å². The first kappa shape index (κ1) is 19.0. The Bertz CT molecular complexity index is 1260. The number of hydrogen-bond donors (Lipinski definition) is 0. The summed E-state index contributed by atoms with van der Waals surface area (Å²) in [5.74, 6) is -0.428. The summed E-state index contributed by atoms with van der Waals surface area (Å²) in [6.07, 6.45) is 1.25. The lowest BCUT2D eigenvalue weighted by Gasteiger charge is -2.35. The van der Waals surface area contributed by atoms with Crippen molar-refractivity contribution in [2.75, 3.05) is 6.61 Å². The maximum atomic E-state index is 13.5. The molecule has 0 aliphatic carbocycles. The van der Waals surface area contributed by atoms with Gasteiger partial charge in [-0.1, -0.05) is 32.0 Å². The average molecular weight is 404 g/mol. The van der Waals surface area contributed by atoms with Crippen molar-refractivity contribution in [2.45, 2.75) is 52.4 Å². The van der Waals surface area contributed by atoms with Crippen LogP contribution in [-0.4, -0.2) is 22.1 Å². The van der Waals surface area contributed by atoms with Gasteiger partial charge in [-0.2, -0.15) is 0 Å². The molecule has 0 radical (unpaired) electrons. The molecule has 1 atom stereocenters. The molecule has 5 rings (SSSR count). The topological polar surface area (TPSA) is 70.4 Å². The van der Waals surface area contributed by atoms with Crippen molar-refractivity contribution < 1.29 is 14.3 Å². The first-order valence-corrected chi connectivity index (χ1v) is 10.5. The number of fused-ring (bicyclic) bond motifs is 5. The van der Waals surface area contributed by atoms with Gasteiger partial charge in [-0.25, -0.2) is 9.78 Å². The minimum Gasteiger partial charge on any atom is -0.458 e. The van der Waals surface area contributed by atoms with E-state index in [9.17, 15) is 9.59 Å². The highest BCUT2D eigenvalue weighted by Gasteiger charge is 2.48. The van der Waals surface area contributed by atoms with Crippen molar-refractivity contribution in [3.63, 3.8) is 0 Å². The van der Waals surface area contributed by atoms with Crippen molar-refractivity contribution in [2.24, 2.45) is 0 Å². The Hall–Kier alpha value is -2.99. The normalized spacial score (nSPS) is 19.4. The smallest absolute Gasteiger partial charge is 0.343 e. The maximum absolute atomic E-state index is 13.5. The van der Waals surface area contributed by atoms with Crippen molar-refractivity contribution in [1.29, 1.82) is 0 Å². The number of rotatable bonds is 4. The molecule has 0 unspecified atom stereocenters. The highest BCUT2D eigenvalue weighted by molar-refractivity contribution is 5.89. The van der Waals surface area contributed by atoms with Crippen LogP contribution in [0, 0.1) is 0 Å². The van der Waals surface area contributed by atoms with Crippen molar-refractivity contribution in [1.82, 2.24) is 9.55 Å². The van der Waals surface area contributed by atoms with E-state index in [4.69, 9.17) is 14.5 Å². The van der Waals surface area contributed by atoms with Crippen molar-refractivity contribution in [3.05, 3.63) is 62.9 Å². The van der Waals surface area contributed by atoms with Crippen LogP contribution in [-0.2, 0) is 39.4 Å². The summed E-state index contributed by atoms with van der Waals surface area (Å²) in [6, 6.07) is 10.0. The van der Waals surface area contributed by atoms with Crippen LogP contribution >= 0.6 is 0 Å². The molecule has 2 aromatic heterocycles. The number of nitrogens with zero attached hydrogens (tertiary/aromatic N) is 2. The van der Waals surface area contributed by atoms with Gasteiger partial charge < -0.3 is 14.0 Å². The molecule has 6 nitrogen and oxygen atoms in total. The molecule has 0 bridgehead atoms. The lowest BCUT2D eigenvalue weighted by molar-refractivity contribution is -0.180. The summed E-state index contributed by atoms with van der Waals surface area (Å²) in [6.45, 7) is 6.66. The van der Waals surface area contributed by atoms with Crippen LogP contribution in [0.4, 0.5) is 0 Å². The van der Waals surface area contributed by atoms with E-state index in [1.807, 2.05) is 38.1 Å². The lowest BCUT2D eigenvalue weighted by Crippen LogP contribution is -2.46. The molecule has 30 heavy (non-hydrogen) atoms. The zero-order valence-electron chi connectivity index (χ0n) is 17.4. The number of esters is 1. The summed E-state index contributed by atoms with van der Waals surface area (Å²) < 4.78 is 13.1. The second kappa shape index (κ2) is 6.77. The van der Waals surface area contributed by atoms with E-state index in [2.05, 4.69) is 13.0 Å². The van der Waals surface area contributed by atoms with Crippen LogP contribution in [0.3, 0.4) is 0 Å². The molecule has 0 saturated heterocycles. The molecule has 0 fully saturated rings. The van der Waals surface area contributed by atoms with Gasteiger partial charge in [-0.15, -0.1) is 0 Å². The number of benzene rings is 1. The number of ether oxygens (including phenoxy) is 2. The van der Waals surface area contributed by atoms with Gasteiger partial charge in [0.05, 0.1) is 29.0 Å². The second-order valence-electron chi connectivity index (χ2n) is 7.79. The van der Waals surface area contributed by atoms with Gasteiger partial charge >= 0.3 is 5.97 Å². The third kappa shape index (κ3) is 2.37. The Balaban J connectivity index is 1.82. The fourth-order valence-corrected chi connectivity index (χ4v) is 4.99. The fourth-order valence-electron chi connectivity index (χ4n) is 4.99. The predicted octanol–water partition coefficient (Wildman–Crippen LogP) is 3.69. The first-order chi connectivity index (χ1) is 14.6. The van der Waals surface area contributed by atoms with Gasteiger partial charge in [-0.3, -0.25) is 4.79 Å². The van der Waals surface area contributed by atoms with Crippen LogP contribution in [0.1, 0.15) is 49.4 Å². The van der Waals surface area contributed by atoms with E-state index in [1.54, 1.807) is 4.57 Å². The predicted molar refractivity (Wildman–Crippen MR) is 113 cm³/mol. The standard InChI is InChI=1S/C24H24N2O4/c1-4-14-15-9-7-8-10-19(15)25-21-16(14)12-26-20(21)11-18-17(22(26)27)13-29-23(28)24(18,5-2)30-6-3/h7-11H,4-6,12-13H2,1-3H3/t24-/m0/s1. The van der Waals surface area contributed by atoms with Crippen molar-refractivity contribution in [3.8, 4) is 11.4 Å². The van der Waals surface area contributed by atoms with Crippen LogP contribution in [0.15, 0.2) is 35.1 Å². The zero-order valence-corrected chi connectivity index (χ0v) is 17.4. The SMILES string of the molecule is CCO[C@]1(CC)C(=O)OCc2c1cc1n(c2=O)Cc2c-1nc1ccccc1c2CC. The molecule has 1 aromatic carbocycles. The molecule has 154 valence electrons. The summed E-state index contributed by atoms with van der Waals surface area (Å²) in [7, 11) is 0. The van der Waals surface area contributed by atoms with E-state index < -0.39 is 11.6 Å². The highest BCUT2D eigenvalue weighted by Crippen LogP contribution is 2.41. The number of aryl methyl sites for hydroxylation is 1. The minimum atomic E-state index is -1.25. The van der Waals surface area contributed by atoms with Gasteiger partial charge in [0.1, 0.15) is 6.61 Å². The molecule has 0 saturated carbocycles. The summed E-state index contributed by atoms with van der Waals surface area (Å²) in [4.78, 5) is 31.1. The summed E-state index contributed by atoms with van der Waals surface area (Å²) in [5.41, 5.74) is 4.55. The number of pyridine rings is 2. The second-order valence-corrected chi connectivity index (χ2v) is 7.79. The quantitative estimate of drug-likeness (QED) is 0.485. The van der Waals surface area contributed by atoms with E-state index in [-0.39, 0.29) is 12.2 Å². The zero-order chi connectivity index (χ0) is 21.0. The highest BCUT2D eigenvalue weighted by atomic mass is 16.6. The minimum absolute atomic E-state index is 0.0194. The van der Waals surface area contributed by atoms with Gasteiger partial charge in [0.15, 0.2) is 5.60 Å². The fraction of sp³-hybridized carbons (Fsp3) is 0.375. The number of hydrogen-bond acceptors (Lipinski definition) is 5. The Kier molecular flexibility index (Phi) is 4.29. The summed E-state index contributed by atoms with van der Waals surface area (Å²) in [5, 5.41) is 1.13. The summed E-state index contributed by atoms with van der Waals surface area (Å²) >= 11 is 0. The van der Waals surface area contributed by atoms with Gasteiger partial charge in [0.2, 0.25) is 0 Å². The largest absolute Gasteiger partial charge is 0.458 e. The van der Waals surface area contributed by atoms with Gasteiger partial charge in [0.25, 0.3) is 5.56 Å². The molecule has 2 aliphatic heterocycles. The molecule has 0 N–H and O–H groups in total. The van der Waals surface area contributed by atoms with Gasteiger partial charge in [0, 0.05) is 23.1 Å². The molecule has 0 spiro atoms. The van der Waals surface area contributed by atoms with E-state index in [0.717, 1.165) is 34.3 Å². The molecule has 4 heterocycles. The monoisotopic (exact) mass is 404 g/mol. The van der Waals surface area contributed by atoms with E-state index >= 15 is 0 Å². The van der Waals surface area contributed by atoms with E-state index in [1.165, 1.54) is 5.56 Å². The third-order valence-corrected chi connectivity index (χ3v) is 6.43. The van der Waals surface area contributed by atoms with Crippen LogP contribution < -0.4 is 5.56 Å². The third-order valence-electron chi connectivity index (χ3n) is 6.43. The van der Waals surface area contributed by atoms with Crippen LogP contribution in [0.2, 0.25) is 0 Å². The van der Waals surface area contributed by atoms with E-state index in [0.29, 0.717) is 30.7 Å². The Morgan fingerprint density at radius 2 is 1.97 bits per heavy atom. The molecule has 2 aliphatic rings. The van der Waals surface area contributed by atoms with Crippen molar-refractivity contribution >= 4 is 16.9 Å². The number of aromatic nitrogens is 2. The number of cyclic esters (lactones) is 1. The van der Waals surface area contributed by atoms with Crippen LogP contribution in [0.5, 0.6) is 0 Å². The molecule has 3 aromatic rings. The number of carbonyl (C=O) groups is 1. The number of carbonyl (C=O) groups excluding carboxylic acids is 1. The Morgan fingerprint density at radius 3 is 2.70 bits per heavy atom. The maximum Gasteiger partial charge on any atom is 0.343 e. The lowest BCUT2D eigenvalue weighted by atomic mass is 9.85. The first-order valence-electron chi connectivity index (χ1n) is 10.5. The Morgan fingerprint density at radius 1 is 1.17 bits per heavy atom. The van der Waals surface area contributed by atoms with Crippen LogP contribution in [0.25, 0.3) is 22.3 Å².